The second-order valence-corrected chi connectivity index (χ2v) is 6.97. The highest BCUT2D eigenvalue weighted by Gasteiger charge is 2.21. The van der Waals surface area contributed by atoms with Crippen LogP contribution in [-0.2, 0) is 4.79 Å². The summed E-state index contributed by atoms with van der Waals surface area (Å²) in [6.45, 7) is 1.74. The number of nitrogens with zero attached hydrogens (tertiary/aromatic N) is 2. The Hall–Kier alpha value is -2.99. The summed E-state index contributed by atoms with van der Waals surface area (Å²) in [4.78, 5) is 29.4. The van der Waals surface area contributed by atoms with Crippen LogP contribution < -0.4 is 5.56 Å². The van der Waals surface area contributed by atoms with Crippen LogP contribution in [0.15, 0.2) is 59.0 Å². The molecule has 0 saturated heterocycles. The molecule has 0 aliphatic heterocycles. The number of benzene rings is 2. The number of rotatable bonds is 4. The first-order valence-corrected chi connectivity index (χ1v) is 9.18. The van der Waals surface area contributed by atoms with Gasteiger partial charge in [0.15, 0.2) is 0 Å². The van der Waals surface area contributed by atoms with E-state index in [2.05, 4.69) is 4.98 Å². The first kappa shape index (κ1) is 16.5. The summed E-state index contributed by atoms with van der Waals surface area (Å²) in [6, 6.07) is 13.2. The Morgan fingerprint density at radius 2 is 2.00 bits per heavy atom. The van der Waals surface area contributed by atoms with Crippen molar-refractivity contribution < 1.29 is 9.90 Å². The molecule has 0 spiro atoms. The smallest absolute Gasteiger partial charge is 0.326 e. The van der Waals surface area contributed by atoms with Crippen molar-refractivity contribution in [2.24, 2.45) is 0 Å². The predicted octanol–water partition coefficient (Wildman–Crippen LogP) is 4.31. The maximum atomic E-state index is 13.0. The summed E-state index contributed by atoms with van der Waals surface area (Å²) in [6.07, 6.45) is 1.66. The monoisotopic (exact) mass is 364 g/mol. The van der Waals surface area contributed by atoms with Crippen molar-refractivity contribution in [1.29, 1.82) is 0 Å². The van der Waals surface area contributed by atoms with Gasteiger partial charge in [0.2, 0.25) is 0 Å². The Kier molecular flexibility index (Phi) is 4.05. The van der Waals surface area contributed by atoms with Gasteiger partial charge in [-0.3, -0.25) is 9.36 Å². The summed E-state index contributed by atoms with van der Waals surface area (Å²) in [5, 5.41) is 14.0. The standard InChI is InChI=1S/C20H16N2O3S/c1-2-16(20(24)25)22-11-21-18-17(19(22)23)15(10-26-18)14-8-7-12-5-3-4-6-13(12)9-14/h3-11,16H,2H2,1H3,(H,24,25). The van der Waals surface area contributed by atoms with Gasteiger partial charge in [-0.25, -0.2) is 9.78 Å². The van der Waals surface area contributed by atoms with Crippen molar-refractivity contribution in [2.75, 3.05) is 0 Å². The second kappa shape index (κ2) is 6.38. The minimum atomic E-state index is -1.03. The van der Waals surface area contributed by atoms with E-state index >= 15 is 0 Å². The van der Waals surface area contributed by atoms with Crippen LogP contribution in [0.2, 0.25) is 0 Å². The van der Waals surface area contributed by atoms with Crippen LogP contribution in [0.25, 0.3) is 32.1 Å². The Bertz CT molecular complexity index is 1190. The third-order valence-corrected chi connectivity index (χ3v) is 5.47. The van der Waals surface area contributed by atoms with E-state index in [9.17, 15) is 14.7 Å². The Balaban J connectivity index is 1.95. The molecule has 0 bridgehead atoms. The highest BCUT2D eigenvalue weighted by molar-refractivity contribution is 7.17. The van der Waals surface area contributed by atoms with Gasteiger partial charge in [0.1, 0.15) is 10.9 Å². The summed E-state index contributed by atoms with van der Waals surface area (Å²) in [5.41, 5.74) is 1.41. The normalized spacial score (nSPS) is 12.5. The molecule has 0 fully saturated rings. The molecule has 2 heterocycles. The number of thiophene rings is 1. The molecule has 0 aliphatic carbocycles. The number of hydrogen-bond acceptors (Lipinski definition) is 4. The first-order chi connectivity index (χ1) is 12.6. The summed E-state index contributed by atoms with van der Waals surface area (Å²) in [7, 11) is 0. The van der Waals surface area contributed by atoms with Crippen molar-refractivity contribution in [2.45, 2.75) is 19.4 Å². The van der Waals surface area contributed by atoms with E-state index < -0.39 is 12.0 Å². The van der Waals surface area contributed by atoms with E-state index in [0.717, 1.165) is 21.9 Å². The molecule has 5 nitrogen and oxygen atoms in total. The molecule has 6 heteroatoms. The zero-order valence-corrected chi connectivity index (χ0v) is 14.9. The number of aromatic nitrogens is 2. The van der Waals surface area contributed by atoms with Crippen LogP contribution in [0.5, 0.6) is 0 Å². The molecule has 130 valence electrons. The average Bonchev–Trinajstić information content (AvgIpc) is 3.08. The van der Waals surface area contributed by atoms with Crippen LogP contribution in [0.4, 0.5) is 0 Å². The van der Waals surface area contributed by atoms with E-state index in [1.165, 1.54) is 22.2 Å². The van der Waals surface area contributed by atoms with Crippen LogP contribution in [0.3, 0.4) is 0 Å². The summed E-state index contributed by atoms with van der Waals surface area (Å²) < 4.78 is 1.22. The topological polar surface area (TPSA) is 72.2 Å². The molecule has 2 aromatic heterocycles. The van der Waals surface area contributed by atoms with Crippen molar-refractivity contribution in [3.05, 3.63) is 64.5 Å². The molecule has 4 aromatic rings. The number of carboxylic acid groups (broad SMARTS) is 1. The van der Waals surface area contributed by atoms with E-state index in [0.29, 0.717) is 16.6 Å². The largest absolute Gasteiger partial charge is 0.480 e. The molecule has 0 aliphatic rings. The third-order valence-electron chi connectivity index (χ3n) is 4.59. The van der Waals surface area contributed by atoms with Crippen LogP contribution >= 0.6 is 11.3 Å². The fourth-order valence-corrected chi connectivity index (χ4v) is 4.13. The fraction of sp³-hybridized carbons (Fsp3) is 0.150. The lowest BCUT2D eigenvalue weighted by molar-refractivity contribution is -0.141. The predicted molar refractivity (Wildman–Crippen MR) is 104 cm³/mol. The lowest BCUT2D eigenvalue weighted by Crippen LogP contribution is -2.29. The van der Waals surface area contributed by atoms with Gasteiger partial charge in [0.25, 0.3) is 5.56 Å². The van der Waals surface area contributed by atoms with Crippen molar-refractivity contribution >= 4 is 38.3 Å². The molecule has 0 amide bonds. The summed E-state index contributed by atoms with van der Waals surface area (Å²) >= 11 is 1.39. The molecule has 1 atom stereocenters. The molecular weight excluding hydrogens is 348 g/mol. The van der Waals surface area contributed by atoms with Gasteiger partial charge >= 0.3 is 5.97 Å². The number of hydrogen-bond donors (Lipinski definition) is 1. The number of aliphatic carboxylic acids is 1. The van der Waals surface area contributed by atoms with Gasteiger partial charge < -0.3 is 5.11 Å². The van der Waals surface area contributed by atoms with Gasteiger partial charge in [-0.15, -0.1) is 11.3 Å². The molecule has 0 radical (unpaired) electrons. The first-order valence-electron chi connectivity index (χ1n) is 8.30. The molecule has 4 rings (SSSR count). The fourth-order valence-electron chi connectivity index (χ4n) is 3.23. The maximum absolute atomic E-state index is 13.0. The third kappa shape index (κ3) is 2.59. The minimum Gasteiger partial charge on any atom is -0.480 e. The van der Waals surface area contributed by atoms with Gasteiger partial charge in [-0.2, -0.15) is 0 Å². The van der Waals surface area contributed by atoms with Crippen molar-refractivity contribution in [3.63, 3.8) is 0 Å². The minimum absolute atomic E-state index is 0.311. The van der Waals surface area contributed by atoms with Gasteiger partial charge in [-0.1, -0.05) is 43.3 Å². The number of carbonyl (C=O) groups is 1. The van der Waals surface area contributed by atoms with E-state index in [1.807, 2.05) is 47.8 Å². The van der Waals surface area contributed by atoms with Gasteiger partial charge in [0, 0.05) is 10.9 Å². The second-order valence-electron chi connectivity index (χ2n) is 6.11. The highest BCUT2D eigenvalue weighted by Crippen LogP contribution is 2.32. The lowest BCUT2D eigenvalue weighted by Gasteiger charge is -2.13. The quantitative estimate of drug-likeness (QED) is 0.585. The van der Waals surface area contributed by atoms with Crippen LogP contribution in [0.1, 0.15) is 19.4 Å². The van der Waals surface area contributed by atoms with Crippen LogP contribution in [0, 0.1) is 0 Å². The average molecular weight is 364 g/mol. The highest BCUT2D eigenvalue weighted by atomic mass is 32.1. The molecular formula is C20H16N2O3S. The van der Waals surface area contributed by atoms with E-state index in [1.54, 1.807) is 6.92 Å². The molecule has 1 N–H and O–H groups in total. The van der Waals surface area contributed by atoms with Gasteiger partial charge in [0.05, 0.1) is 11.7 Å². The maximum Gasteiger partial charge on any atom is 0.326 e. The zero-order chi connectivity index (χ0) is 18.3. The Labute approximate surface area is 153 Å². The molecule has 26 heavy (non-hydrogen) atoms. The SMILES string of the molecule is CCC(C(=O)O)n1cnc2scc(-c3ccc4ccccc4c3)c2c1=O. The van der Waals surface area contributed by atoms with Crippen LogP contribution in [-0.4, -0.2) is 20.6 Å². The molecule has 1 unspecified atom stereocenters. The van der Waals surface area contributed by atoms with Crippen molar-refractivity contribution in [3.8, 4) is 11.1 Å². The Morgan fingerprint density at radius 1 is 1.23 bits per heavy atom. The van der Waals surface area contributed by atoms with E-state index in [-0.39, 0.29) is 5.56 Å². The Morgan fingerprint density at radius 3 is 2.73 bits per heavy atom. The zero-order valence-electron chi connectivity index (χ0n) is 14.0. The van der Waals surface area contributed by atoms with Gasteiger partial charge in [-0.05, 0) is 28.8 Å². The number of carboxylic acids is 1. The van der Waals surface area contributed by atoms with Crippen molar-refractivity contribution in [1.82, 2.24) is 9.55 Å². The van der Waals surface area contributed by atoms with E-state index in [4.69, 9.17) is 0 Å². The lowest BCUT2D eigenvalue weighted by atomic mass is 10.0. The number of fused-ring (bicyclic) bond motifs is 2. The molecule has 0 saturated carbocycles. The summed E-state index contributed by atoms with van der Waals surface area (Å²) in [5.74, 6) is -1.03. The molecule has 2 aromatic carbocycles.